The zero-order chi connectivity index (χ0) is 10.9. The third-order valence-electron chi connectivity index (χ3n) is 2.94. The molecule has 0 atom stereocenters. The molecule has 0 nitrogen and oxygen atoms in total. The van der Waals surface area contributed by atoms with Crippen LogP contribution in [0.1, 0.15) is 59.3 Å². The molecule has 0 spiro atoms. The van der Waals surface area contributed by atoms with Gasteiger partial charge in [0.15, 0.2) is 0 Å². The number of rotatable bonds is 9. The topological polar surface area (TPSA) is 0 Å². The van der Waals surface area contributed by atoms with Crippen molar-refractivity contribution < 1.29 is 4.70 Å². The molecule has 0 unspecified atom stereocenters. The van der Waals surface area contributed by atoms with E-state index in [1.807, 2.05) is 0 Å². The fraction of sp³-hybridized carbons (Fsp3) is 1.00. The summed E-state index contributed by atoms with van der Waals surface area (Å²) in [5, 5.41) is 0. The van der Waals surface area contributed by atoms with Gasteiger partial charge in [0.25, 0.3) is 0 Å². The van der Waals surface area contributed by atoms with Crippen molar-refractivity contribution in [2.24, 2.45) is 0 Å². The smallest absolute Gasteiger partial charge is 0.269 e. The van der Waals surface area contributed by atoms with Crippen LogP contribution in [0.4, 0.5) is 4.70 Å². The van der Waals surface area contributed by atoms with Crippen molar-refractivity contribution in [3.63, 3.8) is 0 Å². The van der Waals surface area contributed by atoms with Crippen LogP contribution in [0.25, 0.3) is 0 Å². The van der Waals surface area contributed by atoms with Gasteiger partial charge in [-0.3, -0.25) is 4.70 Å². The van der Waals surface area contributed by atoms with Gasteiger partial charge >= 0.3 is 98.8 Å². The quantitative estimate of drug-likeness (QED) is 0.469. The van der Waals surface area contributed by atoms with Crippen LogP contribution in [0.3, 0.4) is 0 Å². The van der Waals surface area contributed by atoms with E-state index in [0.717, 1.165) is 0 Å². The van der Waals surface area contributed by atoms with Crippen molar-refractivity contribution in [3.8, 4) is 0 Å². The number of hydrogen-bond donors (Lipinski definition) is 0. The number of halogens is 2. The summed E-state index contributed by atoms with van der Waals surface area (Å²) < 4.78 is 4.27. The van der Waals surface area contributed by atoms with Crippen molar-refractivity contribution in [2.45, 2.75) is 72.6 Å². The van der Waals surface area contributed by atoms with Crippen molar-refractivity contribution in [3.05, 3.63) is 0 Å². The molecule has 0 aliphatic carbocycles. The molecule has 0 aromatic rings. The van der Waals surface area contributed by atoms with Gasteiger partial charge in [0.05, 0.1) is 0 Å². The van der Waals surface area contributed by atoms with Crippen LogP contribution in [0.5, 0.6) is 0 Å². The van der Waals surface area contributed by atoms with Crippen molar-refractivity contribution >= 4 is 26.2 Å². The minimum atomic E-state index is -2.09. The Balaban J connectivity index is 0. The molecule has 0 aromatic carbocycles. The Morgan fingerprint density at radius 2 is 1.00 bits per heavy atom. The molecule has 0 saturated heterocycles. The zero-order valence-electron chi connectivity index (χ0n) is 10.7. The van der Waals surface area contributed by atoms with E-state index in [9.17, 15) is 0 Å². The first-order valence-electron chi connectivity index (χ1n) is 6.37. The van der Waals surface area contributed by atoms with E-state index in [4.69, 9.17) is 8.92 Å². The Kier molecular flexibility index (Phi) is 14.1. The first-order chi connectivity index (χ1) is 6.68. The van der Waals surface area contributed by atoms with Crippen LogP contribution in [-0.4, -0.2) is 17.3 Å². The second-order valence-electron chi connectivity index (χ2n) is 4.46. The third-order valence-corrected chi connectivity index (χ3v) is 17.4. The molecule has 0 aliphatic heterocycles. The second kappa shape index (κ2) is 11.5. The summed E-state index contributed by atoms with van der Waals surface area (Å²) in [5.74, 6) is 0. The van der Waals surface area contributed by atoms with Gasteiger partial charge in [-0.1, -0.05) is 0 Å². The predicted octanol–water partition coefficient (Wildman–Crippen LogP) is 5.72. The SMILES string of the molecule is CCC[CH2][Sn]([Cl])([CH2]CCC)[CH2]CCC.F. The molecular weight excluding hydrogens is 317 g/mol. The van der Waals surface area contributed by atoms with Crippen molar-refractivity contribution in [2.75, 3.05) is 0 Å². The standard InChI is InChI=1S/3C4H9.ClH.FH.Sn/c3*1-3-4-2;;;/h3*1,3-4H2,2H3;2*1H;/q;;;;;+1/p-1. The van der Waals surface area contributed by atoms with Gasteiger partial charge in [0.1, 0.15) is 0 Å². The molecule has 0 radical (unpaired) electrons. The Labute approximate surface area is 103 Å². The first kappa shape index (κ1) is 18.4. The Morgan fingerprint density at radius 3 is 1.20 bits per heavy atom. The summed E-state index contributed by atoms with van der Waals surface area (Å²) in [7, 11) is 6.89. The normalized spacial score (nSPS) is 11.2. The van der Waals surface area contributed by atoms with Gasteiger partial charge in [-0.05, 0) is 0 Å². The molecule has 94 valence electrons. The minimum absolute atomic E-state index is 0. The summed E-state index contributed by atoms with van der Waals surface area (Å²) in [6.45, 7) is 6.84. The minimum Gasteiger partial charge on any atom is -0.269 e. The summed E-state index contributed by atoms with van der Waals surface area (Å²) in [5.41, 5.74) is 0. The number of unbranched alkanes of at least 4 members (excludes halogenated alkanes) is 3. The molecule has 15 heavy (non-hydrogen) atoms. The Hall–Kier alpha value is 1.02. The van der Waals surface area contributed by atoms with Gasteiger partial charge in [0, 0.05) is 0 Å². The summed E-state index contributed by atoms with van der Waals surface area (Å²) in [6, 6.07) is 0. The van der Waals surface area contributed by atoms with E-state index in [1.54, 1.807) is 0 Å². The fourth-order valence-corrected chi connectivity index (χ4v) is 15.1. The van der Waals surface area contributed by atoms with E-state index in [1.165, 1.54) is 51.8 Å². The maximum atomic E-state index is 6.89. The van der Waals surface area contributed by atoms with Crippen molar-refractivity contribution in [1.29, 1.82) is 0 Å². The fourth-order valence-electron chi connectivity index (χ4n) is 1.86. The number of hydrogen-bond acceptors (Lipinski definition) is 0. The molecule has 0 aromatic heterocycles. The summed E-state index contributed by atoms with van der Waals surface area (Å²) >= 11 is -2.09. The van der Waals surface area contributed by atoms with Crippen LogP contribution in [0.2, 0.25) is 13.3 Å². The van der Waals surface area contributed by atoms with Gasteiger partial charge in [0.2, 0.25) is 0 Å². The van der Waals surface area contributed by atoms with Crippen LogP contribution in [0.15, 0.2) is 0 Å². The molecule has 0 heterocycles. The molecule has 0 saturated carbocycles. The van der Waals surface area contributed by atoms with E-state index in [2.05, 4.69) is 20.8 Å². The molecule has 0 bridgehead atoms. The Bertz CT molecular complexity index is 109. The summed E-state index contributed by atoms with van der Waals surface area (Å²) in [6.07, 6.45) is 8.12. The van der Waals surface area contributed by atoms with Crippen LogP contribution >= 0.6 is 8.92 Å². The monoisotopic (exact) mass is 346 g/mol. The Morgan fingerprint density at radius 1 is 0.733 bits per heavy atom. The first-order valence-corrected chi connectivity index (χ1v) is 16.0. The zero-order valence-corrected chi connectivity index (χ0v) is 14.3. The molecular formula is C12H28ClFSn. The van der Waals surface area contributed by atoms with Gasteiger partial charge in [-0.25, -0.2) is 0 Å². The molecule has 3 heteroatoms. The van der Waals surface area contributed by atoms with Gasteiger partial charge < -0.3 is 0 Å². The van der Waals surface area contributed by atoms with Crippen LogP contribution in [-0.2, 0) is 0 Å². The average molecular weight is 346 g/mol. The largest absolute Gasteiger partial charge is 0.269 e. The van der Waals surface area contributed by atoms with Gasteiger partial charge in [-0.2, -0.15) is 0 Å². The van der Waals surface area contributed by atoms with E-state index in [-0.39, 0.29) is 4.70 Å². The predicted molar refractivity (Wildman–Crippen MR) is 73.3 cm³/mol. The van der Waals surface area contributed by atoms with Gasteiger partial charge in [-0.15, -0.1) is 0 Å². The molecule has 0 rings (SSSR count). The maximum Gasteiger partial charge on any atom is -0.269 e. The van der Waals surface area contributed by atoms with Crippen LogP contribution < -0.4 is 0 Å². The van der Waals surface area contributed by atoms with Crippen LogP contribution in [0, 0.1) is 0 Å². The average Bonchev–Trinajstić information content (AvgIpc) is 2.21. The van der Waals surface area contributed by atoms with E-state index in [0.29, 0.717) is 0 Å². The molecule has 0 amide bonds. The molecule has 0 fully saturated rings. The maximum absolute atomic E-state index is 6.89. The van der Waals surface area contributed by atoms with Crippen molar-refractivity contribution in [1.82, 2.24) is 0 Å². The van der Waals surface area contributed by atoms with E-state index >= 15 is 0 Å². The third kappa shape index (κ3) is 9.92. The second-order valence-corrected chi connectivity index (χ2v) is 20.7. The van der Waals surface area contributed by atoms with E-state index < -0.39 is 17.3 Å². The molecule has 0 aliphatic rings. The summed E-state index contributed by atoms with van der Waals surface area (Å²) in [4.78, 5) is 0. The molecule has 0 N–H and O–H groups in total.